The van der Waals surface area contributed by atoms with E-state index in [1.165, 1.54) is 12.8 Å². The Kier molecular flexibility index (Phi) is 6.76. The molecular weight excluding hydrogens is 212 g/mol. The summed E-state index contributed by atoms with van der Waals surface area (Å²) < 4.78 is 5.68. The Morgan fingerprint density at radius 2 is 2.13 bits per heavy atom. The predicted molar refractivity (Wildman–Crippen MR) is 66.6 cm³/mol. The number of hydrogen-bond donors (Lipinski definition) is 1. The lowest BCUT2D eigenvalue weighted by Gasteiger charge is -2.36. The summed E-state index contributed by atoms with van der Waals surface area (Å²) in [5, 5.41) is 0. The van der Waals surface area contributed by atoms with E-state index in [4.69, 9.17) is 10.5 Å². The van der Waals surface area contributed by atoms with E-state index in [1.54, 1.807) is 0 Å². The summed E-state index contributed by atoms with van der Waals surface area (Å²) in [6, 6.07) is 0. The maximum absolute atomic E-state index is 6.00. The molecule has 15 heavy (non-hydrogen) atoms. The Morgan fingerprint density at radius 3 is 2.67 bits per heavy atom. The molecule has 0 bridgehead atoms. The van der Waals surface area contributed by atoms with Crippen molar-refractivity contribution in [1.29, 1.82) is 0 Å². The molecule has 0 spiro atoms. The topological polar surface area (TPSA) is 38.5 Å². The lowest BCUT2D eigenvalue weighted by molar-refractivity contribution is -0.0366. The van der Waals surface area contributed by atoms with Crippen LogP contribution in [0.15, 0.2) is 0 Å². The van der Waals surface area contributed by atoms with Crippen molar-refractivity contribution >= 4 is 12.4 Å². The van der Waals surface area contributed by atoms with E-state index < -0.39 is 0 Å². The van der Waals surface area contributed by atoms with Gasteiger partial charge in [-0.15, -0.1) is 12.4 Å². The van der Waals surface area contributed by atoms with Gasteiger partial charge in [0.25, 0.3) is 0 Å². The molecule has 0 aromatic carbocycles. The van der Waals surface area contributed by atoms with Crippen LogP contribution in [0, 0.1) is 0 Å². The lowest BCUT2D eigenvalue weighted by atomic mass is 10.1. The second kappa shape index (κ2) is 6.69. The molecule has 1 aliphatic heterocycles. The molecule has 4 heteroatoms. The maximum atomic E-state index is 6.00. The van der Waals surface area contributed by atoms with Crippen molar-refractivity contribution in [3.05, 3.63) is 0 Å². The van der Waals surface area contributed by atoms with Gasteiger partial charge >= 0.3 is 0 Å². The van der Waals surface area contributed by atoms with E-state index in [1.807, 2.05) is 0 Å². The molecule has 0 aliphatic carbocycles. The van der Waals surface area contributed by atoms with Crippen LogP contribution in [0.4, 0.5) is 0 Å². The Bertz CT molecular complexity index is 168. The number of nitrogens with two attached hydrogens (primary N) is 1. The molecule has 1 saturated heterocycles. The smallest absolute Gasteiger partial charge is 0.0702 e. The molecule has 1 atom stereocenters. The highest BCUT2D eigenvalue weighted by Gasteiger charge is 2.23. The summed E-state index contributed by atoms with van der Waals surface area (Å²) in [6.07, 6.45) is 2.79. The Hall–Kier alpha value is 0.170. The summed E-state index contributed by atoms with van der Waals surface area (Å²) >= 11 is 0. The summed E-state index contributed by atoms with van der Waals surface area (Å²) in [6.45, 7) is 10.3. The minimum atomic E-state index is -0.0892. The highest BCUT2D eigenvalue weighted by atomic mass is 35.5. The molecule has 1 unspecified atom stereocenters. The van der Waals surface area contributed by atoms with Crippen molar-refractivity contribution in [2.45, 2.75) is 45.3 Å². The standard InChI is InChI=1S/C11H24N2O.ClH/c1-4-5-10-8-13(6-7-14-10)9-11(2,3)12;/h10H,4-9,12H2,1-3H3;1H. The average molecular weight is 237 g/mol. The third-order valence-electron chi connectivity index (χ3n) is 2.46. The van der Waals surface area contributed by atoms with Crippen molar-refractivity contribution in [3.63, 3.8) is 0 Å². The molecule has 3 nitrogen and oxygen atoms in total. The molecule has 0 amide bonds. The molecule has 0 aromatic rings. The number of halogens is 1. The molecule has 1 heterocycles. The van der Waals surface area contributed by atoms with Gasteiger partial charge in [-0.3, -0.25) is 4.90 Å². The first-order valence-electron chi connectivity index (χ1n) is 5.64. The van der Waals surface area contributed by atoms with E-state index in [0.717, 1.165) is 26.2 Å². The monoisotopic (exact) mass is 236 g/mol. The molecular formula is C11H25ClN2O. The van der Waals surface area contributed by atoms with Crippen molar-refractivity contribution in [1.82, 2.24) is 4.90 Å². The molecule has 1 rings (SSSR count). The van der Waals surface area contributed by atoms with Gasteiger partial charge in [0.2, 0.25) is 0 Å². The highest BCUT2D eigenvalue weighted by molar-refractivity contribution is 5.85. The largest absolute Gasteiger partial charge is 0.376 e. The van der Waals surface area contributed by atoms with Crippen molar-refractivity contribution in [2.24, 2.45) is 5.73 Å². The molecule has 1 aliphatic rings. The summed E-state index contributed by atoms with van der Waals surface area (Å²) in [7, 11) is 0. The third-order valence-corrected chi connectivity index (χ3v) is 2.46. The summed E-state index contributed by atoms with van der Waals surface area (Å²) in [5.74, 6) is 0. The van der Waals surface area contributed by atoms with Gasteiger partial charge < -0.3 is 10.5 Å². The minimum Gasteiger partial charge on any atom is -0.376 e. The molecule has 2 N–H and O–H groups in total. The second-order valence-electron chi connectivity index (χ2n) is 5.01. The summed E-state index contributed by atoms with van der Waals surface area (Å²) in [4.78, 5) is 2.42. The van der Waals surface area contributed by atoms with Gasteiger partial charge in [0, 0.05) is 25.2 Å². The van der Waals surface area contributed by atoms with E-state index in [-0.39, 0.29) is 17.9 Å². The van der Waals surface area contributed by atoms with Crippen LogP contribution in [0.3, 0.4) is 0 Å². The van der Waals surface area contributed by atoms with Crippen LogP contribution in [-0.2, 0) is 4.74 Å². The normalized spacial score (nSPS) is 23.6. The fraction of sp³-hybridized carbons (Fsp3) is 1.00. The number of ether oxygens (including phenoxy) is 1. The highest BCUT2D eigenvalue weighted by Crippen LogP contribution is 2.12. The van der Waals surface area contributed by atoms with Crippen LogP contribution in [0.1, 0.15) is 33.6 Å². The first kappa shape index (κ1) is 15.2. The van der Waals surface area contributed by atoms with E-state index in [0.29, 0.717) is 6.10 Å². The number of nitrogens with zero attached hydrogens (tertiary/aromatic N) is 1. The Balaban J connectivity index is 0.00000196. The number of rotatable bonds is 4. The quantitative estimate of drug-likeness (QED) is 0.807. The molecule has 0 saturated carbocycles. The lowest BCUT2D eigenvalue weighted by Crippen LogP contribution is -2.51. The molecule has 1 fully saturated rings. The number of hydrogen-bond acceptors (Lipinski definition) is 3. The predicted octanol–water partition coefficient (Wildman–Crippen LogP) is 1.65. The Labute approximate surface area is 99.7 Å². The van der Waals surface area contributed by atoms with Crippen LogP contribution in [0.25, 0.3) is 0 Å². The van der Waals surface area contributed by atoms with Gasteiger partial charge in [0.05, 0.1) is 12.7 Å². The van der Waals surface area contributed by atoms with Crippen molar-refractivity contribution < 1.29 is 4.74 Å². The van der Waals surface area contributed by atoms with Crippen molar-refractivity contribution in [2.75, 3.05) is 26.2 Å². The zero-order valence-corrected chi connectivity index (χ0v) is 11.0. The zero-order valence-electron chi connectivity index (χ0n) is 10.2. The fourth-order valence-corrected chi connectivity index (χ4v) is 2.00. The van der Waals surface area contributed by atoms with Gasteiger partial charge in [-0.25, -0.2) is 0 Å². The van der Waals surface area contributed by atoms with Gasteiger partial charge in [-0.05, 0) is 20.3 Å². The van der Waals surface area contributed by atoms with Gasteiger partial charge in [0.1, 0.15) is 0 Å². The second-order valence-corrected chi connectivity index (χ2v) is 5.01. The summed E-state index contributed by atoms with van der Waals surface area (Å²) in [5.41, 5.74) is 5.91. The van der Waals surface area contributed by atoms with Crippen LogP contribution >= 0.6 is 12.4 Å². The first-order chi connectivity index (χ1) is 6.51. The van der Waals surface area contributed by atoms with Crippen LogP contribution in [0.2, 0.25) is 0 Å². The van der Waals surface area contributed by atoms with Gasteiger partial charge in [0.15, 0.2) is 0 Å². The van der Waals surface area contributed by atoms with E-state index in [2.05, 4.69) is 25.7 Å². The van der Waals surface area contributed by atoms with E-state index >= 15 is 0 Å². The molecule has 0 radical (unpaired) electrons. The average Bonchev–Trinajstić information content (AvgIpc) is 2.02. The molecule has 92 valence electrons. The van der Waals surface area contributed by atoms with Crippen LogP contribution in [0.5, 0.6) is 0 Å². The minimum absolute atomic E-state index is 0. The van der Waals surface area contributed by atoms with E-state index in [9.17, 15) is 0 Å². The molecule has 0 aromatic heterocycles. The van der Waals surface area contributed by atoms with Gasteiger partial charge in [-0.2, -0.15) is 0 Å². The maximum Gasteiger partial charge on any atom is 0.0702 e. The van der Waals surface area contributed by atoms with Gasteiger partial charge in [-0.1, -0.05) is 13.3 Å². The SMILES string of the molecule is CCCC1CN(CC(C)(C)N)CCO1.Cl. The third kappa shape index (κ3) is 6.36. The first-order valence-corrected chi connectivity index (χ1v) is 5.64. The van der Waals surface area contributed by atoms with Crippen molar-refractivity contribution in [3.8, 4) is 0 Å². The number of morpholine rings is 1. The Morgan fingerprint density at radius 1 is 1.47 bits per heavy atom. The zero-order chi connectivity index (χ0) is 10.6. The fourth-order valence-electron chi connectivity index (χ4n) is 2.00. The van der Waals surface area contributed by atoms with Crippen LogP contribution in [-0.4, -0.2) is 42.8 Å². The van der Waals surface area contributed by atoms with Crippen LogP contribution < -0.4 is 5.73 Å².